The van der Waals surface area contributed by atoms with E-state index in [0.717, 1.165) is 0 Å². The number of rotatable bonds is 4. The maximum absolute atomic E-state index is 13.3. The van der Waals surface area contributed by atoms with E-state index in [0.29, 0.717) is 6.42 Å². The van der Waals surface area contributed by atoms with Gasteiger partial charge in [-0.05, 0) is 25.5 Å². The zero-order valence-corrected chi connectivity index (χ0v) is 10.9. The van der Waals surface area contributed by atoms with Crippen molar-refractivity contribution in [3.63, 3.8) is 0 Å². The average Bonchev–Trinajstić information content (AvgIpc) is 2.38. The molecule has 0 aromatic heterocycles. The Balaban J connectivity index is 2.55. The summed E-state index contributed by atoms with van der Waals surface area (Å²) < 4.78 is 13.3. The van der Waals surface area contributed by atoms with E-state index in [9.17, 15) is 19.1 Å². The average molecular weight is 268 g/mol. The number of nitrogens with one attached hydrogen (secondary N) is 2. The number of amides is 2. The lowest BCUT2D eigenvalue weighted by atomic mass is 10.0. The Kier molecular flexibility index (Phi) is 5.00. The largest absolute Gasteiger partial charge is 0.388 e. The second-order valence-electron chi connectivity index (χ2n) is 4.47. The van der Waals surface area contributed by atoms with Crippen LogP contribution in [0.15, 0.2) is 24.3 Å². The third kappa shape index (κ3) is 4.67. The van der Waals surface area contributed by atoms with Gasteiger partial charge in [0.2, 0.25) is 0 Å². The molecule has 0 bridgehead atoms. The van der Waals surface area contributed by atoms with Gasteiger partial charge in [0, 0.05) is 6.54 Å². The summed E-state index contributed by atoms with van der Waals surface area (Å²) in [7, 11) is 0. The zero-order valence-electron chi connectivity index (χ0n) is 10.9. The molecule has 0 heterocycles. The van der Waals surface area contributed by atoms with Crippen molar-refractivity contribution in [3.8, 4) is 0 Å². The molecule has 0 spiro atoms. The fourth-order valence-corrected chi connectivity index (χ4v) is 1.22. The first kappa shape index (κ1) is 15.1. The van der Waals surface area contributed by atoms with E-state index in [2.05, 4.69) is 10.6 Å². The summed E-state index contributed by atoms with van der Waals surface area (Å²) in [6.07, 6.45) is 0.433. The molecule has 6 heteroatoms. The molecule has 0 saturated heterocycles. The highest BCUT2D eigenvalue weighted by molar-refractivity contribution is 6.39. The Hall–Kier alpha value is -1.95. The highest BCUT2D eigenvalue weighted by atomic mass is 19.1. The molecule has 1 rings (SSSR count). The molecule has 0 saturated carbocycles. The molecule has 104 valence electrons. The predicted octanol–water partition coefficient (Wildman–Crippen LogP) is 1.04. The van der Waals surface area contributed by atoms with Gasteiger partial charge in [-0.1, -0.05) is 19.1 Å². The first-order valence-electron chi connectivity index (χ1n) is 5.92. The minimum atomic E-state index is -1.08. The van der Waals surface area contributed by atoms with Crippen LogP contribution in [0.4, 0.5) is 10.1 Å². The van der Waals surface area contributed by atoms with Crippen molar-refractivity contribution < 1.29 is 19.1 Å². The second-order valence-corrected chi connectivity index (χ2v) is 4.47. The molecule has 3 N–H and O–H groups in total. The van der Waals surface area contributed by atoms with Crippen molar-refractivity contribution in [2.45, 2.75) is 25.9 Å². The summed E-state index contributed by atoms with van der Waals surface area (Å²) in [4.78, 5) is 23.0. The molecular weight excluding hydrogens is 251 g/mol. The smallest absolute Gasteiger partial charge is 0.313 e. The maximum atomic E-state index is 13.3. The van der Waals surface area contributed by atoms with Crippen LogP contribution in [0.1, 0.15) is 20.3 Å². The number of carbonyl (C=O) groups is 2. The van der Waals surface area contributed by atoms with Gasteiger partial charge in [0.1, 0.15) is 5.82 Å². The lowest BCUT2D eigenvalue weighted by molar-refractivity contribution is -0.136. The van der Waals surface area contributed by atoms with Crippen LogP contribution >= 0.6 is 0 Å². The number of para-hydroxylation sites is 1. The van der Waals surface area contributed by atoms with Crippen molar-refractivity contribution in [1.29, 1.82) is 0 Å². The minimum Gasteiger partial charge on any atom is -0.388 e. The highest BCUT2D eigenvalue weighted by Gasteiger charge is 2.21. The predicted molar refractivity (Wildman–Crippen MR) is 69.0 cm³/mol. The minimum absolute atomic E-state index is 0.0486. The third-order valence-corrected chi connectivity index (χ3v) is 2.72. The zero-order chi connectivity index (χ0) is 14.5. The molecular formula is C13H17FN2O3. The summed E-state index contributed by atoms with van der Waals surface area (Å²) in [6.45, 7) is 3.25. The lowest BCUT2D eigenvalue weighted by Gasteiger charge is -2.21. The summed E-state index contributed by atoms with van der Waals surface area (Å²) in [5.41, 5.74) is -1.14. The number of carbonyl (C=O) groups excluding carboxylic acids is 2. The van der Waals surface area contributed by atoms with E-state index in [1.165, 1.54) is 18.2 Å². The number of anilines is 1. The van der Waals surface area contributed by atoms with Crippen LogP contribution in [0.2, 0.25) is 0 Å². The molecule has 0 radical (unpaired) electrons. The van der Waals surface area contributed by atoms with Gasteiger partial charge in [0.25, 0.3) is 0 Å². The molecule has 0 aliphatic carbocycles. The number of hydrogen-bond acceptors (Lipinski definition) is 3. The summed E-state index contributed by atoms with van der Waals surface area (Å²) in [6, 6.07) is 5.54. The summed E-state index contributed by atoms with van der Waals surface area (Å²) in [5.74, 6) is -2.52. The third-order valence-electron chi connectivity index (χ3n) is 2.72. The fourth-order valence-electron chi connectivity index (χ4n) is 1.22. The Labute approximate surface area is 110 Å². The number of aliphatic hydroxyl groups is 1. The number of benzene rings is 1. The molecule has 1 aromatic rings. The van der Waals surface area contributed by atoms with Crippen LogP contribution in [-0.2, 0) is 9.59 Å². The van der Waals surface area contributed by atoms with Gasteiger partial charge in [0.05, 0.1) is 11.3 Å². The van der Waals surface area contributed by atoms with Gasteiger partial charge in [-0.15, -0.1) is 0 Å². The van der Waals surface area contributed by atoms with E-state index in [1.807, 2.05) is 0 Å². The first-order chi connectivity index (χ1) is 8.85. The van der Waals surface area contributed by atoms with Gasteiger partial charge in [0.15, 0.2) is 0 Å². The Morgan fingerprint density at radius 3 is 2.53 bits per heavy atom. The first-order valence-corrected chi connectivity index (χ1v) is 5.92. The molecule has 0 aliphatic heterocycles. The number of halogens is 1. The maximum Gasteiger partial charge on any atom is 0.313 e. The summed E-state index contributed by atoms with van der Waals surface area (Å²) in [5, 5.41) is 14.1. The molecule has 1 atom stereocenters. The molecule has 0 fully saturated rings. The summed E-state index contributed by atoms with van der Waals surface area (Å²) >= 11 is 0. The second kappa shape index (κ2) is 6.29. The van der Waals surface area contributed by atoms with E-state index in [1.54, 1.807) is 19.9 Å². The Bertz CT molecular complexity index is 475. The molecule has 5 nitrogen and oxygen atoms in total. The van der Waals surface area contributed by atoms with E-state index >= 15 is 0 Å². The van der Waals surface area contributed by atoms with Gasteiger partial charge in [-0.3, -0.25) is 9.59 Å². The van der Waals surface area contributed by atoms with Crippen molar-refractivity contribution in [2.24, 2.45) is 0 Å². The van der Waals surface area contributed by atoms with E-state index in [-0.39, 0.29) is 12.2 Å². The fraction of sp³-hybridized carbons (Fsp3) is 0.385. The highest BCUT2D eigenvalue weighted by Crippen LogP contribution is 2.12. The van der Waals surface area contributed by atoms with Crippen LogP contribution in [0.5, 0.6) is 0 Å². The topological polar surface area (TPSA) is 78.4 Å². The van der Waals surface area contributed by atoms with Crippen LogP contribution in [0.3, 0.4) is 0 Å². The Morgan fingerprint density at radius 1 is 1.32 bits per heavy atom. The van der Waals surface area contributed by atoms with E-state index < -0.39 is 23.2 Å². The quantitative estimate of drug-likeness (QED) is 0.714. The molecule has 1 aromatic carbocycles. The van der Waals surface area contributed by atoms with Crippen molar-refractivity contribution in [3.05, 3.63) is 30.1 Å². The van der Waals surface area contributed by atoms with Crippen molar-refractivity contribution in [2.75, 3.05) is 11.9 Å². The van der Waals surface area contributed by atoms with Gasteiger partial charge in [-0.25, -0.2) is 4.39 Å². The van der Waals surface area contributed by atoms with Crippen LogP contribution in [-0.4, -0.2) is 29.1 Å². The number of hydrogen-bond donors (Lipinski definition) is 3. The molecule has 19 heavy (non-hydrogen) atoms. The monoisotopic (exact) mass is 268 g/mol. The standard InChI is InChI=1S/C13H17FN2O3/c1-3-13(2,19)8-15-11(17)12(18)16-10-7-5-4-6-9(10)14/h4-7,19H,3,8H2,1-2H3,(H,15,17)(H,16,18). The normalized spacial score (nSPS) is 13.5. The Morgan fingerprint density at radius 2 is 1.95 bits per heavy atom. The van der Waals surface area contributed by atoms with Gasteiger partial charge >= 0.3 is 11.8 Å². The molecule has 1 unspecified atom stereocenters. The van der Waals surface area contributed by atoms with Gasteiger partial charge < -0.3 is 15.7 Å². The van der Waals surface area contributed by atoms with E-state index in [4.69, 9.17) is 0 Å². The van der Waals surface area contributed by atoms with Crippen LogP contribution in [0, 0.1) is 5.82 Å². The SMILES string of the molecule is CCC(C)(O)CNC(=O)C(=O)Nc1ccccc1F. The van der Waals surface area contributed by atoms with Crippen LogP contribution in [0.25, 0.3) is 0 Å². The van der Waals surface area contributed by atoms with Crippen LogP contribution < -0.4 is 10.6 Å². The molecule has 2 amide bonds. The molecule has 0 aliphatic rings. The van der Waals surface area contributed by atoms with Crippen molar-refractivity contribution >= 4 is 17.5 Å². The van der Waals surface area contributed by atoms with Gasteiger partial charge in [-0.2, -0.15) is 0 Å². The van der Waals surface area contributed by atoms with Crippen molar-refractivity contribution in [1.82, 2.24) is 5.32 Å². The lowest BCUT2D eigenvalue weighted by Crippen LogP contribution is -2.44.